The molecular weight excluding hydrogens is 324 g/mol. The van der Waals surface area contributed by atoms with Crippen LogP contribution < -0.4 is 0 Å². The first kappa shape index (κ1) is 22.5. The van der Waals surface area contributed by atoms with Gasteiger partial charge in [0.05, 0.1) is 0 Å². The lowest BCUT2D eigenvalue weighted by Crippen LogP contribution is -2.22. The third-order valence-corrected chi connectivity index (χ3v) is 5.17. The standard InChI is InChI=1S/C23H38O3/c1-4-7-9-10-11-15-20(18-19(6-3)14-8-5-2)26-23(25)21-16-12-13-17-22(21)24/h12-13,16-17,19-20,24H,4-11,14-15,18H2,1-3H3. The minimum absolute atomic E-state index is 0.00257. The molecule has 3 heteroatoms. The summed E-state index contributed by atoms with van der Waals surface area (Å²) >= 11 is 0. The Labute approximate surface area is 160 Å². The van der Waals surface area contributed by atoms with E-state index in [1.54, 1.807) is 18.2 Å². The molecule has 0 amide bonds. The highest BCUT2D eigenvalue weighted by molar-refractivity contribution is 5.92. The molecule has 1 N–H and O–H groups in total. The van der Waals surface area contributed by atoms with Crippen LogP contribution in [0, 0.1) is 5.92 Å². The summed E-state index contributed by atoms with van der Waals surface area (Å²) in [6, 6.07) is 6.64. The first-order valence-electron chi connectivity index (χ1n) is 10.6. The molecule has 0 aliphatic rings. The number of benzene rings is 1. The summed E-state index contributed by atoms with van der Waals surface area (Å²) in [5.74, 6) is 0.206. The number of aromatic hydroxyl groups is 1. The zero-order valence-corrected chi connectivity index (χ0v) is 17.0. The Morgan fingerprint density at radius 3 is 2.31 bits per heavy atom. The maximum atomic E-state index is 12.5. The molecule has 26 heavy (non-hydrogen) atoms. The van der Waals surface area contributed by atoms with E-state index in [1.807, 2.05) is 0 Å². The number of esters is 1. The van der Waals surface area contributed by atoms with Crippen LogP contribution in [0.2, 0.25) is 0 Å². The maximum Gasteiger partial charge on any atom is 0.342 e. The Morgan fingerprint density at radius 2 is 1.65 bits per heavy atom. The van der Waals surface area contributed by atoms with Gasteiger partial charge in [-0.3, -0.25) is 0 Å². The van der Waals surface area contributed by atoms with Crippen molar-refractivity contribution in [2.45, 2.75) is 97.5 Å². The molecule has 0 heterocycles. The fourth-order valence-electron chi connectivity index (χ4n) is 3.41. The van der Waals surface area contributed by atoms with Gasteiger partial charge in [0, 0.05) is 0 Å². The third-order valence-electron chi connectivity index (χ3n) is 5.17. The second kappa shape index (κ2) is 13.7. The first-order valence-corrected chi connectivity index (χ1v) is 10.6. The van der Waals surface area contributed by atoms with Gasteiger partial charge in [0.2, 0.25) is 0 Å². The average molecular weight is 363 g/mol. The second-order valence-corrected chi connectivity index (χ2v) is 7.40. The van der Waals surface area contributed by atoms with E-state index in [-0.39, 0.29) is 17.4 Å². The van der Waals surface area contributed by atoms with Crippen LogP contribution in [0.5, 0.6) is 5.75 Å². The molecule has 148 valence electrons. The van der Waals surface area contributed by atoms with Gasteiger partial charge in [-0.2, -0.15) is 0 Å². The van der Waals surface area contributed by atoms with Crippen LogP contribution in [0.4, 0.5) is 0 Å². The first-order chi connectivity index (χ1) is 12.6. The summed E-state index contributed by atoms with van der Waals surface area (Å²) in [6.07, 6.45) is 12.6. The highest BCUT2D eigenvalue weighted by atomic mass is 16.5. The topological polar surface area (TPSA) is 46.5 Å². The van der Waals surface area contributed by atoms with Gasteiger partial charge in [-0.05, 0) is 37.3 Å². The van der Waals surface area contributed by atoms with Crippen molar-refractivity contribution in [3.05, 3.63) is 29.8 Å². The van der Waals surface area contributed by atoms with E-state index in [2.05, 4.69) is 20.8 Å². The Kier molecular flexibility index (Phi) is 11.8. The average Bonchev–Trinajstić information content (AvgIpc) is 2.64. The molecule has 2 unspecified atom stereocenters. The normalized spacial score (nSPS) is 13.3. The highest BCUT2D eigenvalue weighted by Crippen LogP contribution is 2.25. The van der Waals surface area contributed by atoms with Gasteiger partial charge in [-0.25, -0.2) is 4.79 Å². The Bertz CT molecular complexity index is 498. The zero-order chi connectivity index (χ0) is 19.2. The molecule has 0 aliphatic heterocycles. The number of para-hydroxylation sites is 1. The van der Waals surface area contributed by atoms with Crippen molar-refractivity contribution >= 4 is 5.97 Å². The van der Waals surface area contributed by atoms with Gasteiger partial charge < -0.3 is 9.84 Å². The van der Waals surface area contributed by atoms with Crippen LogP contribution in [-0.2, 0) is 4.74 Å². The van der Waals surface area contributed by atoms with Crippen molar-refractivity contribution in [3.8, 4) is 5.75 Å². The summed E-state index contributed by atoms with van der Waals surface area (Å²) < 4.78 is 5.84. The summed E-state index contributed by atoms with van der Waals surface area (Å²) in [6.45, 7) is 6.66. The van der Waals surface area contributed by atoms with E-state index in [4.69, 9.17) is 4.74 Å². The maximum absolute atomic E-state index is 12.5. The number of hydrogen-bond acceptors (Lipinski definition) is 3. The largest absolute Gasteiger partial charge is 0.507 e. The van der Waals surface area contributed by atoms with Crippen molar-refractivity contribution in [1.82, 2.24) is 0 Å². The van der Waals surface area contributed by atoms with Gasteiger partial charge in [-0.1, -0.05) is 84.3 Å². The van der Waals surface area contributed by atoms with Crippen LogP contribution in [0.3, 0.4) is 0 Å². The second-order valence-electron chi connectivity index (χ2n) is 7.40. The Morgan fingerprint density at radius 1 is 0.962 bits per heavy atom. The molecule has 0 radical (unpaired) electrons. The van der Waals surface area contributed by atoms with Crippen molar-refractivity contribution in [3.63, 3.8) is 0 Å². The third kappa shape index (κ3) is 8.73. The quantitative estimate of drug-likeness (QED) is 0.290. The van der Waals surface area contributed by atoms with E-state index >= 15 is 0 Å². The monoisotopic (exact) mass is 362 g/mol. The molecule has 0 aromatic heterocycles. The van der Waals surface area contributed by atoms with Gasteiger partial charge in [-0.15, -0.1) is 0 Å². The Hall–Kier alpha value is -1.51. The number of rotatable bonds is 14. The number of unbranched alkanes of at least 4 members (excludes halogenated alkanes) is 5. The van der Waals surface area contributed by atoms with Gasteiger partial charge in [0.1, 0.15) is 17.4 Å². The van der Waals surface area contributed by atoms with Gasteiger partial charge in [0.25, 0.3) is 0 Å². The van der Waals surface area contributed by atoms with Crippen LogP contribution >= 0.6 is 0 Å². The van der Waals surface area contributed by atoms with Crippen molar-refractivity contribution < 1.29 is 14.6 Å². The van der Waals surface area contributed by atoms with Crippen molar-refractivity contribution in [2.75, 3.05) is 0 Å². The Balaban J connectivity index is 2.65. The van der Waals surface area contributed by atoms with E-state index < -0.39 is 5.97 Å². The number of ether oxygens (including phenoxy) is 1. The molecule has 1 rings (SSSR count). The minimum atomic E-state index is -0.396. The van der Waals surface area contributed by atoms with Gasteiger partial charge >= 0.3 is 5.97 Å². The highest BCUT2D eigenvalue weighted by Gasteiger charge is 2.21. The minimum Gasteiger partial charge on any atom is -0.507 e. The van der Waals surface area contributed by atoms with Crippen molar-refractivity contribution in [2.24, 2.45) is 5.92 Å². The lowest BCUT2D eigenvalue weighted by Gasteiger charge is -2.23. The van der Waals surface area contributed by atoms with E-state index in [1.165, 1.54) is 51.0 Å². The summed E-state index contributed by atoms with van der Waals surface area (Å²) in [4.78, 5) is 12.5. The molecule has 2 atom stereocenters. The predicted octanol–water partition coefficient (Wildman–Crippen LogP) is 6.88. The van der Waals surface area contributed by atoms with Crippen LogP contribution in [-0.4, -0.2) is 17.2 Å². The molecule has 1 aromatic carbocycles. The van der Waals surface area contributed by atoms with E-state index in [0.717, 1.165) is 25.7 Å². The number of carbonyl (C=O) groups excluding carboxylic acids is 1. The predicted molar refractivity (Wildman–Crippen MR) is 109 cm³/mol. The molecule has 0 saturated carbocycles. The van der Waals surface area contributed by atoms with Crippen LogP contribution in [0.25, 0.3) is 0 Å². The summed E-state index contributed by atoms with van der Waals surface area (Å²) in [5, 5.41) is 9.91. The smallest absolute Gasteiger partial charge is 0.342 e. The van der Waals surface area contributed by atoms with Crippen molar-refractivity contribution in [1.29, 1.82) is 0 Å². The molecule has 0 saturated heterocycles. The van der Waals surface area contributed by atoms with E-state index in [9.17, 15) is 9.90 Å². The number of carbonyl (C=O) groups is 1. The zero-order valence-electron chi connectivity index (χ0n) is 17.0. The number of phenols is 1. The van der Waals surface area contributed by atoms with E-state index in [0.29, 0.717) is 5.92 Å². The molecule has 0 bridgehead atoms. The number of hydrogen-bond donors (Lipinski definition) is 1. The molecular formula is C23H38O3. The fourth-order valence-corrected chi connectivity index (χ4v) is 3.41. The molecule has 0 fully saturated rings. The summed E-state index contributed by atoms with van der Waals surface area (Å²) in [7, 11) is 0. The molecule has 3 nitrogen and oxygen atoms in total. The molecule has 0 spiro atoms. The SMILES string of the molecule is CCCCCCCC(CC(CC)CCCC)OC(=O)c1ccccc1O. The van der Waals surface area contributed by atoms with Crippen LogP contribution in [0.1, 0.15) is 102 Å². The van der Waals surface area contributed by atoms with Gasteiger partial charge in [0.15, 0.2) is 0 Å². The molecule has 1 aromatic rings. The number of phenolic OH excluding ortho intramolecular Hbond substituents is 1. The van der Waals surface area contributed by atoms with Crippen LogP contribution in [0.15, 0.2) is 24.3 Å². The lowest BCUT2D eigenvalue weighted by atomic mass is 9.91. The molecule has 0 aliphatic carbocycles. The summed E-state index contributed by atoms with van der Waals surface area (Å²) in [5.41, 5.74) is 0.269. The fraction of sp³-hybridized carbons (Fsp3) is 0.696. The lowest BCUT2D eigenvalue weighted by molar-refractivity contribution is 0.0203.